The van der Waals surface area contributed by atoms with E-state index < -0.39 is 22.4 Å². The number of hydrogen-bond acceptors (Lipinski definition) is 6. The highest BCUT2D eigenvalue weighted by Gasteiger charge is 2.25. The average molecular weight is 347 g/mol. The fraction of sp³-hybridized carbons (Fsp3) is 0.286. The zero-order valence-corrected chi connectivity index (χ0v) is 13.3. The minimum Gasteiger partial charge on any atom is -0.462 e. The third kappa shape index (κ3) is 4.05. The molecule has 0 amide bonds. The van der Waals surface area contributed by atoms with E-state index in [0.717, 1.165) is 12.1 Å². The summed E-state index contributed by atoms with van der Waals surface area (Å²) in [5.74, 6) is -1.71. The lowest BCUT2D eigenvalue weighted by Crippen LogP contribution is -2.16. The lowest BCUT2D eigenvalue weighted by Gasteiger charge is -2.11. The summed E-state index contributed by atoms with van der Waals surface area (Å²) in [4.78, 5) is 46.6. The minimum atomic E-state index is -0.988. The van der Waals surface area contributed by atoms with Crippen molar-refractivity contribution in [1.82, 2.24) is 0 Å². The first kappa shape index (κ1) is 18.1. The zero-order valence-electron chi connectivity index (χ0n) is 11.8. The van der Waals surface area contributed by atoms with Gasteiger partial charge in [0.15, 0.2) is 0 Å². The Labute approximate surface area is 136 Å². The van der Waals surface area contributed by atoms with E-state index in [1.807, 2.05) is 0 Å². The van der Waals surface area contributed by atoms with E-state index in [2.05, 4.69) is 0 Å². The molecule has 0 atom stereocenters. The lowest BCUT2D eigenvalue weighted by molar-refractivity contribution is 0.0521. The van der Waals surface area contributed by atoms with Crippen LogP contribution in [0.25, 0.3) is 0 Å². The number of halogens is 2. The topological polar surface area (TPSA) is 86.7 Å². The molecule has 1 aromatic carbocycles. The number of ether oxygens (including phenoxy) is 2. The smallest absolute Gasteiger partial charge is 0.338 e. The average Bonchev–Trinajstić information content (AvgIpc) is 2.46. The standard InChI is InChI=1S/C14H12Cl2O6/c1-3-21-13(19)9-6-10(14(20)22-4-2)8(12(16)18)5-7(9)11(15)17/h5-6H,3-4H2,1-2H3. The Kier molecular flexibility index (Phi) is 6.52. The van der Waals surface area contributed by atoms with Gasteiger partial charge in [0.05, 0.1) is 24.3 Å². The molecule has 0 bridgehead atoms. The second-order valence-electron chi connectivity index (χ2n) is 3.93. The first-order valence-corrected chi connectivity index (χ1v) is 7.00. The van der Waals surface area contributed by atoms with Crippen LogP contribution in [-0.4, -0.2) is 35.6 Å². The maximum absolute atomic E-state index is 11.9. The molecule has 0 aromatic heterocycles. The van der Waals surface area contributed by atoms with Gasteiger partial charge in [0.1, 0.15) is 0 Å². The molecule has 118 valence electrons. The number of benzene rings is 1. The highest BCUT2D eigenvalue weighted by molar-refractivity contribution is 6.69. The van der Waals surface area contributed by atoms with Crippen LogP contribution in [0.3, 0.4) is 0 Å². The summed E-state index contributed by atoms with van der Waals surface area (Å²) in [6.07, 6.45) is 0. The Hall–Kier alpha value is -1.92. The molecule has 0 spiro atoms. The molecule has 22 heavy (non-hydrogen) atoms. The second kappa shape index (κ2) is 7.91. The van der Waals surface area contributed by atoms with Crippen molar-refractivity contribution in [3.8, 4) is 0 Å². The van der Waals surface area contributed by atoms with Crippen LogP contribution in [0.15, 0.2) is 12.1 Å². The predicted octanol–water partition coefficient (Wildman–Crippen LogP) is 2.80. The summed E-state index contributed by atoms with van der Waals surface area (Å²) in [6, 6.07) is 1.99. The van der Waals surface area contributed by atoms with Gasteiger partial charge >= 0.3 is 11.9 Å². The third-order valence-corrected chi connectivity index (χ3v) is 2.98. The quantitative estimate of drug-likeness (QED) is 0.581. The Balaban J connectivity index is 3.58. The van der Waals surface area contributed by atoms with Gasteiger partial charge < -0.3 is 9.47 Å². The van der Waals surface area contributed by atoms with Gasteiger partial charge in [-0.1, -0.05) is 0 Å². The Morgan fingerprint density at radius 1 is 0.773 bits per heavy atom. The maximum atomic E-state index is 11.9. The number of hydrogen-bond donors (Lipinski definition) is 0. The lowest BCUT2D eigenvalue weighted by atomic mass is 9.99. The summed E-state index contributed by atoms with van der Waals surface area (Å²) in [5, 5.41) is -1.98. The van der Waals surface area contributed by atoms with Crippen molar-refractivity contribution in [3.63, 3.8) is 0 Å². The van der Waals surface area contributed by atoms with E-state index in [1.165, 1.54) is 0 Å². The van der Waals surface area contributed by atoms with Crippen molar-refractivity contribution in [2.75, 3.05) is 13.2 Å². The summed E-state index contributed by atoms with van der Waals surface area (Å²) in [6.45, 7) is 3.26. The second-order valence-corrected chi connectivity index (χ2v) is 4.62. The van der Waals surface area contributed by atoms with Crippen molar-refractivity contribution in [2.24, 2.45) is 0 Å². The fourth-order valence-corrected chi connectivity index (χ4v) is 1.99. The minimum absolute atomic E-state index is 0.0552. The highest BCUT2D eigenvalue weighted by atomic mass is 35.5. The number of rotatable bonds is 6. The van der Waals surface area contributed by atoms with Crippen LogP contribution in [0.1, 0.15) is 55.3 Å². The third-order valence-electron chi connectivity index (χ3n) is 2.57. The van der Waals surface area contributed by atoms with E-state index in [0.29, 0.717) is 0 Å². The van der Waals surface area contributed by atoms with Crippen LogP contribution in [0.2, 0.25) is 0 Å². The van der Waals surface area contributed by atoms with Crippen LogP contribution in [-0.2, 0) is 9.47 Å². The summed E-state index contributed by atoms with van der Waals surface area (Å²) in [5.41, 5.74) is -1.05. The Bertz CT molecular complexity index is 587. The molecule has 0 fully saturated rings. The fourth-order valence-electron chi connectivity index (χ4n) is 1.68. The van der Waals surface area contributed by atoms with Gasteiger partial charge in [0.25, 0.3) is 10.5 Å². The number of esters is 2. The summed E-state index contributed by atoms with van der Waals surface area (Å²) < 4.78 is 9.59. The van der Waals surface area contributed by atoms with E-state index in [-0.39, 0.29) is 35.5 Å². The zero-order chi connectivity index (χ0) is 16.9. The van der Waals surface area contributed by atoms with Gasteiger partial charge in [-0.25, -0.2) is 9.59 Å². The van der Waals surface area contributed by atoms with Crippen molar-refractivity contribution in [3.05, 3.63) is 34.4 Å². The van der Waals surface area contributed by atoms with Gasteiger partial charge in [-0.15, -0.1) is 0 Å². The predicted molar refractivity (Wildman–Crippen MR) is 78.7 cm³/mol. The van der Waals surface area contributed by atoms with Crippen molar-refractivity contribution < 1.29 is 28.7 Å². The Morgan fingerprint density at radius 2 is 1.09 bits per heavy atom. The van der Waals surface area contributed by atoms with Gasteiger partial charge in [-0.05, 0) is 49.2 Å². The molecule has 0 saturated carbocycles. The Morgan fingerprint density at radius 3 is 1.36 bits per heavy atom. The molecule has 0 radical (unpaired) electrons. The summed E-state index contributed by atoms with van der Waals surface area (Å²) in [7, 11) is 0. The van der Waals surface area contributed by atoms with Crippen LogP contribution >= 0.6 is 23.2 Å². The van der Waals surface area contributed by atoms with E-state index in [4.69, 9.17) is 32.7 Å². The van der Waals surface area contributed by atoms with E-state index in [1.54, 1.807) is 13.8 Å². The SMILES string of the molecule is CCOC(=O)c1cc(C(=O)OCC)c(C(=O)Cl)cc1C(=O)Cl. The normalized spacial score (nSPS) is 10.0. The van der Waals surface area contributed by atoms with Gasteiger partial charge in [-0.2, -0.15) is 0 Å². The molecule has 0 aliphatic rings. The molecular formula is C14H12Cl2O6. The van der Waals surface area contributed by atoms with Crippen LogP contribution in [0.4, 0.5) is 0 Å². The van der Waals surface area contributed by atoms with Gasteiger partial charge in [0, 0.05) is 11.1 Å². The first-order chi connectivity index (χ1) is 10.3. The monoisotopic (exact) mass is 346 g/mol. The van der Waals surface area contributed by atoms with Crippen LogP contribution in [0.5, 0.6) is 0 Å². The molecule has 0 aliphatic carbocycles. The molecule has 1 aromatic rings. The first-order valence-electron chi connectivity index (χ1n) is 6.25. The molecule has 0 aliphatic heterocycles. The van der Waals surface area contributed by atoms with E-state index in [9.17, 15) is 19.2 Å². The van der Waals surface area contributed by atoms with Crippen LogP contribution in [0, 0.1) is 0 Å². The maximum Gasteiger partial charge on any atom is 0.338 e. The molecule has 0 unspecified atom stereocenters. The molecule has 6 nitrogen and oxygen atoms in total. The molecule has 0 heterocycles. The van der Waals surface area contributed by atoms with Crippen molar-refractivity contribution in [1.29, 1.82) is 0 Å². The van der Waals surface area contributed by atoms with Crippen LogP contribution < -0.4 is 0 Å². The van der Waals surface area contributed by atoms with Gasteiger partial charge in [-0.3, -0.25) is 9.59 Å². The van der Waals surface area contributed by atoms with Gasteiger partial charge in [0.2, 0.25) is 0 Å². The highest BCUT2D eigenvalue weighted by Crippen LogP contribution is 2.22. The molecule has 0 N–H and O–H groups in total. The molecule has 1 rings (SSSR count). The summed E-state index contributed by atoms with van der Waals surface area (Å²) >= 11 is 10.8. The molecular weight excluding hydrogens is 335 g/mol. The van der Waals surface area contributed by atoms with Crippen molar-refractivity contribution >= 4 is 45.6 Å². The number of carbonyl (C=O) groups is 4. The number of carbonyl (C=O) groups excluding carboxylic acids is 4. The molecule has 8 heteroatoms. The largest absolute Gasteiger partial charge is 0.462 e. The van der Waals surface area contributed by atoms with Crippen molar-refractivity contribution in [2.45, 2.75) is 13.8 Å². The molecule has 0 saturated heterocycles. The van der Waals surface area contributed by atoms with E-state index >= 15 is 0 Å².